The summed E-state index contributed by atoms with van der Waals surface area (Å²) in [5, 5.41) is 3.74. The van der Waals surface area contributed by atoms with E-state index in [1.807, 2.05) is 11.0 Å². The van der Waals surface area contributed by atoms with Gasteiger partial charge in [0.1, 0.15) is 0 Å². The first-order valence-corrected chi connectivity index (χ1v) is 7.97. The van der Waals surface area contributed by atoms with Crippen LogP contribution in [-0.4, -0.2) is 18.5 Å². The molecule has 2 aliphatic carbocycles. The van der Waals surface area contributed by atoms with Crippen molar-refractivity contribution < 1.29 is 4.79 Å². The number of benzene rings is 1. The summed E-state index contributed by atoms with van der Waals surface area (Å²) in [7, 11) is 0. The summed E-state index contributed by atoms with van der Waals surface area (Å²) >= 11 is 0. The number of anilines is 2. The summed E-state index contributed by atoms with van der Waals surface area (Å²) in [5.41, 5.74) is 2.23. The van der Waals surface area contributed by atoms with E-state index < -0.39 is 0 Å². The minimum absolute atomic E-state index is 0.271. The Morgan fingerprint density at radius 3 is 2.75 bits per heavy atom. The van der Waals surface area contributed by atoms with E-state index in [2.05, 4.69) is 23.5 Å². The van der Waals surface area contributed by atoms with Gasteiger partial charge in [-0.3, -0.25) is 4.79 Å². The summed E-state index contributed by atoms with van der Waals surface area (Å²) in [6.07, 6.45) is 7.21. The van der Waals surface area contributed by atoms with E-state index in [0.717, 1.165) is 36.2 Å². The molecule has 1 amide bonds. The Labute approximate surface area is 120 Å². The van der Waals surface area contributed by atoms with Crippen LogP contribution in [0.5, 0.6) is 0 Å². The standard InChI is InChI=1S/C17H22N2O/c20-17-6-3-9-19(17)16-5-2-1-4-14(16)18-15-11-12-7-8-13(15)10-12/h1-2,4-5,12-13,15,18H,3,6-11H2. The molecule has 106 valence electrons. The lowest BCUT2D eigenvalue weighted by molar-refractivity contribution is -0.117. The highest BCUT2D eigenvalue weighted by molar-refractivity contribution is 5.98. The van der Waals surface area contributed by atoms with Crippen LogP contribution < -0.4 is 10.2 Å². The van der Waals surface area contributed by atoms with Crippen molar-refractivity contribution in [3.63, 3.8) is 0 Å². The average Bonchev–Trinajstić information content (AvgIpc) is 3.16. The number of fused-ring (bicyclic) bond motifs is 2. The van der Waals surface area contributed by atoms with Crippen LogP contribution in [0.15, 0.2) is 24.3 Å². The molecule has 0 spiro atoms. The van der Waals surface area contributed by atoms with Crippen LogP contribution in [-0.2, 0) is 4.79 Å². The van der Waals surface area contributed by atoms with Crippen molar-refractivity contribution in [2.24, 2.45) is 11.8 Å². The molecule has 0 aromatic heterocycles. The maximum absolute atomic E-state index is 12.0. The highest BCUT2D eigenvalue weighted by Gasteiger charge is 2.39. The lowest BCUT2D eigenvalue weighted by atomic mass is 9.95. The van der Waals surface area contributed by atoms with E-state index in [4.69, 9.17) is 0 Å². The number of amides is 1. The van der Waals surface area contributed by atoms with Crippen LogP contribution in [0.3, 0.4) is 0 Å². The second kappa shape index (κ2) is 4.80. The largest absolute Gasteiger partial charge is 0.380 e. The number of nitrogens with zero attached hydrogens (tertiary/aromatic N) is 1. The zero-order valence-corrected chi connectivity index (χ0v) is 11.8. The lowest BCUT2D eigenvalue weighted by Gasteiger charge is -2.27. The van der Waals surface area contributed by atoms with Gasteiger partial charge in [0.25, 0.3) is 0 Å². The molecule has 3 aliphatic rings. The first kappa shape index (κ1) is 12.2. The number of rotatable bonds is 3. The molecule has 1 heterocycles. The Kier molecular flexibility index (Phi) is 2.94. The fraction of sp³-hybridized carbons (Fsp3) is 0.588. The van der Waals surface area contributed by atoms with Crippen LogP contribution in [0.25, 0.3) is 0 Å². The van der Waals surface area contributed by atoms with E-state index in [-0.39, 0.29) is 5.91 Å². The van der Waals surface area contributed by atoms with Crippen molar-refractivity contribution in [1.29, 1.82) is 0 Å². The number of carbonyl (C=O) groups excluding carboxylic acids is 1. The number of para-hydroxylation sites is 2. The third-order valence-electron chi connectivity index (χ3n) is 5.35. The smallest absolute Gasteiger partial charge is 0.227 e. The van der Waals surface area contributed by atoms with Gasteiger partial charge in [0.15, 0.2) is 0 Å². The van der Waals surface area contributed by atoms with Gasteiger partial charge >= 0.3 is 0 Å². The molecule has 20 heavy (non-hydrogen) atoms. The third kappa shape index (κ3) is 2.00. The van der Waals surface area contributed by atoms with Gasteiger partial charge < -0.3 is 10.2 Å². The van der Waals surface area contributed by atoms with E-state index in [0.29, 0.717) is 12.5 Å². The number of hydrogen-bond donors (Lipinski definition) is 1. The predicted octanol–water partition coefficient (Wildman–Crippen LogP) is 3.41. The molecule has 3 heteroatoms. The molecule has 2 bridgehead atoms. The second-order valence-electron chi connectivity index (χ2n) is 6.59. The quantitative estimate of drug-likeness (QED) is 0.913. The van der Waals surface area contributed by atoms with E-state index in [1.165, 1.54) is 25.7 Å². The summed E-state index contributed by atoms with van der Waals surface area (Å²) < 4.78 is 0. The maximum atomic E-state index is 12.0. The SMILES string of the molecule is O=C1CCCN1c1ccccc1NC1CC2CCC1C2. The van der Waals surface area contributed by atoms with Crippen molar-refractivity contribution in [3.8, 4) is 0 Å². The lowest BCUT2D eigenvalue weighted by Crippen LogP contribution is -2.29. The third-order valence-corrected chi connectivity index (χ3v) is 5.35. The van der Waals surface area contributed by atoms with E-state index in [9.17, 15) is 4.79 Å². The van der Waals surface area contributed by atoms with Gasteiger partial charge in [-0.2, -0.15) is 0 Å². The van der Waals surface area contributed by atoms with Crippen LogP contribution in [0.2, 0.25) is 0 Å². The molecular formula is C17H22N2O. The Morgan fingerprint density at radius 2 is 2.05 bits per heavy atom. The van der Waals surface area contributed by atoms with Gasteiger partial charge in [-0.15, -0.1) is 0 Å². The molecule has 1 N–H and O–H groups in total. The Morgan fingerprint density at radius 1 is 1.15 bits per heavy atom. The second-order valence-corrected chi connectivity index (χ2v) is 6.59. The zero-order valence-electron chi connectivity index (χ0n) is 11.8. The Bertz CT molecular complexity index is 527. The highest BCUT2D eigenvalue weighted by atomic mass is 16.2. The first-order chi connectivity index (χ1) is 9.81. The maximum Gasteiger partial charge on any atom is 0.227 e. The van der Waals surface area contributed by atoms with Crippen molar-refractivity contribution >= 4 is 17.3 Å². The molecule has 1 saturated heterocycles. The molecule has 3 fully saturated rings. The molecule has 3 nitrogen and oxygen atoms in total. The van der Waals surface area contributed by atoms with Crippen molar-refractivity contribution in [1.82, 2.24) is 0 Å². The summed E-state index contributed by atoms with van der Waals surface area (Å²) in [4.78, 5) is 13.9. The van der Waals surface area contributed by atoms with Gasteiger partial charge in [-0.25, -0.2) is 0 Å². The van der Waals surface area contributed by atoms with Crippen molar-refractivity contribution in [3.05, 3.63) is 24.3 Å². The minimum Gasteiger partial charge on any atom is -0.380 e. The van der Waals surface area contributed by atoms with Crippen LogP contribution in [0.4, 0.5) is 11.4 Å². The molecule has 1 aromatic carbocycles. The van der Waals surface area contributed by atoms with Crippen LogP contribution >= 0.6 is 0 Å². The number of hydrogen-bond acceptors (Lipinski definition) is 2. The van der Waals surface area contributed by atoms with Gasteiger partial charge in [-0.1, -0.05) is 18.6 Å². The summed E-state index contributed by atoms with van der Waals surface area (Å²) in [5.74, 6) is 2.06. The molecule has 3 unspecified atom stereocenters. The number of carbonyl (C=O) groups is 1. The molecule has 2 saturated carbocycles. The molecule has 0 radical (unpaired) electrons. The van der Waals surface area contributed by atoms with Gasteiger partial charge in [0.05, 0.1) is 11.4 Å². The van der Waals surface area contributed by atoms with Crippen molar-refractivity contribution in [2.45, 2.75) is 44.6 Å². The van der Waals surface area contributed by atoms with Crippen molar-refractivity contribution in [2.75, 3.05) is 16.8 Å². The monoisotopic (exact) mass is 270 g/mol. The molecule has 1 aliphatic heterocycles. The number of nitrogens with one attached hydrogen (secondary N) is 1. The normalized spacial score (nSPS) is 32.1. The van der Waals surface area contributed by atoms with E-state index in [1.54, 1.807) is 0 Å². The van der Waals surface area contributed by atoms with Gasteiger partial charge in [0.2, 0.25) is 5.91 Å². The molecule has 1 aromatic rings. The zero-order chi connectivity index (χ0) is 13.5. The highest BCUT2D eigenvalue weighted by Crippen LogP contribution is 2.46. The fourth-order valence-electron chi connectivity index (χ4n) is 4.36. The van der Waals surface area contributed by atoms with E-state index >= 15 is 0 Å². The van der Waals surface area contributed by atoms with Gasteiger partial charge in [-0.05, 0) is 49.7 Å². The minimum atomic E-state index is 0.271. The fourth-order valence-corrected chi connectivity index (χ4v) is 4.36. The topological polar surface area (TPSA) is 32.3 Å². The summed E-state index contributed by atoms with van der Waals surface area (Å²) in [6.45, 7) is 0.869. The average molecular weight is 270 g/mol. The Hall–Kier alpha value is -1.51. The Balaban J connectivity index is 1.57. The molecular weight excluding hydrogens is 248 g/mol. The molecule has 4 rings (SSSR count). The van der Waals surface area contributed by atoms with Crippen LogP contribution in [0, 0.1) is 11.8 Å². The van der Waals surface area contributed by atoms with Crippen LogP contribution in [0.1, 0.15) is 38.5 Å². The predicted molar refractivity (Wildman–Crippen MR) is 80.9 cm³/mol. The summed E-state index contributed by atoms with van der Waals surface area (Å²) in [6, 6.07) is 8.94. The van der Waals surface area contributed by atoms with Gasteiger partial charge in [0, 0.05) is 19.0 Å². The molecule has 3 atom stereocenters. The first-order valence-electron chi connectivity index (χ1n) is 7.97.